The molecule has 23 heavy (non-hydrogen) atoms. The van der Waals surface area contributed by atoms with Gasteiger partial charge in [-0.15, -0.1) is 0 Å². The SMILES string of the molecule is COc1ccc(S(=O)(=O)N2CCc3ccccc3C2)c(Cl)c1Cl. The van der Waals surface area contributed by atoms with Crippen molar-refractivity contribution < 1.29 is 13.2 Å². The van der Waals surface area contributed by atoms with Crippen LogP contribution in [0, 0.1) is 0 Å². The fraction of sp³-hybridized carbons (Fsp3) is 0.250. The summed E-state index contributed by atoms with van der Waals surface area (Å²) < 4.78 is 32.3. The van der Waals surface area contributed by atoms with Crippen LogP contribution in [-0.4, -0.2) is 26.4 Å². The highest BCUT2D eigenvalue weighted by molar-refractivity contribution is 7.89. The average molecular weight is 372 g/mol. The minimum atomic E-state index is -3.72. The summed E-state index contributed by atoms with van der Waals surface area (Å²) in [6, 6.07) is 10.8. The number of rotatable bonds is 3. The normalized spacial score (nSPS) is 15.3. The fourth-order valence-corrected chi connectivity index (χ4v) is 4.92. The Morgan fingerprint density at radius 2 is 1.74 bits per heavy atom. The zero-order valence-corrected chi connectivity index (χ0v) is 14.7. The molecular formula is C16H15Cl2NO3S. The minimum Gasteiger partial charge on any atom is -0.495 e. The largest absolute Gasteiger partial charge is 0.495 e. The molecule has 0 N–H and O–H groups in total. The summed E-state index contributed by atoms with van der Waals surface area (Å²) in [5, 5.41) is 0.0949. The highest BCUT2D eigenvalue weighted by Gasteiger charge is 2.31. The number of nitrogens with zero attached hydrogens (tertiary/aromatic N) is 1. The molecule has 4 nitrogen and oxygen atoms in total. The lowest BCUT2D eigenvalue weighted by Gasteiger charge is -2.28. The molecule has 1 aliphatic heterocycles. The molecular weight excluding hydrogens is 357 g/mol. The van der Waals surface area contributed by atoms with Crippen LogP contribution in [0.25, 0.3) is 0 Å². The fourth-order valence-electron chi connectivity index (χ4n) is 2.68. The molecule has 0 spiro atoms. The summed E-state index contributed by atoms with van der Waals surface area (Å²) >= 11 is 12.2. The van der Waals surface area contributed by atoms with Crippen molar-refractivity contribution >= 4 is 33.2 Å². The van der Waals surface area contributed by atoms with Gasteiger partial charge in [0.25, 0.3) is 0 Å². The molecule has 2 aromatic carbocycles. The van der Waals surface area contributed by atoms with E-state index in [1.807, 2.05) is 24.3 Å². The predicted octanol–water partition coefficient (Wildman–Crippen LogP) is 3.75. The maximum atomic E-state index is 12.9. The van der Waals surface area contributed by atoms with Gasteiger partial charge in [0, 0.05) is 13.1 Å². The molecule has 0 aromatic heterocycles. The van der Waals surface area contributed by atoms with Gasteiger partial charge in [-0.25, -0.2) is 8.42 Å². The van der Waals surface area contributed by atoms with Crippen LogP contribution in [0.5, 0.6) is 5.75 Å². The van der Waals surface area contributed by atoms with Crippen molar-refractivity contribution in [3.63, 3.8) is 0 Å². The summed E-state index contributed by atoms with van der Waals surface area (Å²) in [5.74, 6) is 0.347. The van der Waals surface area contributed by atoms with Crippen molar-refractivity contribution in [3.05, 3.63) is 57.6 Å². The van der Waals surface area contributed by atoms with Gasteiger partial charge in [0.1, 0.15) is 15.7 Å². The first-order valence-corrected chi connectivity index (χ1v) is 9.23. The van der Waals surface area contributed by atoms with Gasteiger partial charge < -0.3 is 4.74 Å². The number of methoxy groups -OCH3 is 1. The van der Waals surface area contributed by atoms with E-state index in [-0.39, 0.29) is 14.9 Å². The first-order valence-electron chi connectivity index (χ1n) is 7.04. The first kappa shape index (κ1) is 16.6. The molecule has 0 saturated carbocycles. The topological polar surface area (TPSA) is 46.6 Å². The molecule has 0 atom stereocenters. The van der Waals surface area contributed by atoms with Gasteiger partial charge in [0.2, 0.25) is 10.0 Å². The van der Waals surface area contributed by atoms with Crippen LogP contribution in [0.1, 0.15) is 11.1 Å². The monoisotopic (exact) mass is 371 g/mol. The second-order valence-electron chi connectivity index (χ2n) is 5.25. The highest BCUT2D eigenvalue weighted by Crippen LogP contribution is 2.38. The van der Waals surface area contributed by atoms with Crippen molar-refractivity contribution in [2.24, 2.45) is 0 Å². The van der Waals surface area contributed by atoms with Crippen LogP contribution in [0.3, 0.4) is 0 Å². The zero-order chi connectivity index (χ0) is 16.6. The molecule has 7 heteroatoms. The van der Waals surface area contributed by atoms with E-state index in [1.54, 1.807) is 0 Å². The van der Waals surface area contributed by atoms with E-state index in [1.165, 1.54) is 29.1 Å². The molecule has 0 amide bonds. The third-order valence-electron chi connectivity index (χ3n) is 3.94. The van der Waals surface area contributed by atoms with Gasteiger partial charge in [0.15, 0.2) is 0 Å². The van der Waals surface area contributed by atoms with Gasteiger partial charge in [-0.2, -0.15) is 4.31 Å². The van der Waals surface area contributed by atoms with Crippen LogP contribution in [0.15, 0.2) is 41.3 Å². The zero-order valence-electron chi connectivity index (χ0n) is 12.4. The molecule has 0 aliphatic carbocycles. The Labute approximate surface area is 145 Å². The molecule has 0 unspecified atom stereocenters. The Morgan fingerprint density at radius 3 is 2.43 bits per heavy atom. The van der Waals surface area contributed by atoms with E-state index in [9.17, 15) is 8.42 Å². The number of fused-ring (bicyclic) bond motifs is 1. The van der Waals surface area contributed by atoms with Crippen molar-refractivity contribution in [2.45, 2.75) is 17.9 Å². The lowest BCUT2D eigenvalue weighted by atomic mass is 10.0. The van der Waals surface area contributed by atoms with Gasteiger partial charge in [-0.3, -0.25) is 0 Å². The Morgan fingerprint density at radius 1 is 1.04 bits per heavy atom. The van der Waals surface area contributed by atoms with Gasteiger partial charge in [-0.1, -0.05) is 47.5 Å². The number of hydrogen-bond acceptors (Lipinski definition) is 3. The molecule has 1 heterocycles. The van der Waals surface area contributed by atoms with E-state index in [2.05, 4.69) is 0 Å². The Hall–Kier alpha value is -1.27. The van der Waals surface area contributed by atoms with Crippen LogP contribution in [0.2, 0.25) is 10.0 Å². The summed E-state index contributed by atoms with van der Waals surface area (Å²) in [6.07, 6.45) is 0.677. The second kappa shape index (κ2) is 6.32. The third kappa shape index (κ3) is 2.94. The third-order valence-corrected chi connectivity index (χ3v) is 6.81. The maximum absolute atomic E-state index is 12.9. The lowest BCUT2D eigenvalue weighted by molar-refractivity contribution is 0.391. The van der Waals surface area contributed by atoms with Crippen molar-refractivity contribution in [2.75, 3.05) is 13.7 Å². The second-order valence-corrected chi connectivity index (χ2v) is 7.91. The van der Waals surface area contributed by atoms with E-state index in [4.69, 9.17) is 27.9 Å². The maximum Gasteiger partial charge on any atom is 0.244 e. The summed E-state index contributed by atoms with van der Waals surface area (Å²) in [7, 11) is -2.27. The molecule has 3 rings (SSSR count). The molecule has 0 fully saturated rings. The molecule has 0 saturated heterocycles. The van der Waals surface area contributed by atoms with Crippen molar-refractivity contribution in [1.29, 1.82) is 0 Å². The smallest absolute Gasteiger partial charge is 0.244 e. The molecule has 0 bridgehead atoms. The Kier molecular flexibility index (Phi) is 4.56. The Bertz CT molecular complexity index is 852. The molecule has 0 radical (unpaired) electrons. The van der Waals surface area contributed by atoms with Gasteiger partial charge in [-0.05, 0) is 29.7 Å². The molecule has 122 valence electrons. The van der Waals surface area contributed by atoms with Crippen LogP contribution in [0.4, 0.5) is 0 Å². The van der Waals surface area contributed by atoms with E-state index in [0.717, 1.165) is 5.56 Å². The summed E-state index contributed by atoms with van der Waals surface area (Å²) in [5.41, 5.74) is 2.19. The average Bonchev–Trinajstić information content (AvgIpc) is 2.56. The molecule has 1 aliphatic rings. The summed E-state index contributed by atoms with van der Waals surface area (Å²) in [4.78, 5) is 0.00403. The highest BCUT2D eigenvalue weighted by atomic mass is 35.5. The van der Waals surface area contributed by atoms with E-state index in [0.29, 0.717) is 25.3 Å². The lowest BCUT2D eigenvalue weighted by Crippen LogP contribution is -2.36. The number of sulfonamides is 1. The number of benzene rings is 2. The summed E-state index contributed by atoms with van der Waals surface area (Å²) in [6.45, 7) is 0.748. The molecule has 2 aromatic rings. The predicted molar refractivity (Wildman–Crippen MR) is 90.8 cm³/mol. The van der Waals surface area contributed by atoms with Crippen LogP contribution < -0.4 is 4.74 Å². The van der Waals surface area contributed by atoms with Crippen LogP contribution in [-0.2, 0) is 23.0 Å². The quantitative estimate of drug-likeness (QED) is 0.825. The number of halogens is 2. The first-order chi connectivity index (χ1) is 10.9. The Balaban J connectivity index is 1.99. The van der Waals surface area contributed by atoms with E-state index >= 15 is 0 Å². The standard InChI is InChI=1S/C16H15Cl2NO3S/c1-22-13-6-7-14(16(18)15(13)17)23(20,21)19-9-8-11-4-2-3-5-12(11)10-19/h2-7H,8-10H2,1H3. The van der Waals surface area contributed by atoms with Crippen LogP contribution >= 0.6 is 23.2 Å². The van der Waals surface area contributed by atoms with Gasteiger partial charge in [0.05, 0.1) is 12.1 Å². The number of ether oxygens (including phenoxy) is 1. The van der Waals surface area contributed by atoms with Crippen molar-refractivity contribution in [1.82, 2.24) is 4.31 Å². The van der Waals surface area contributed by atoms with Crippen molar-refractivity contribution in [3.8, 4) is 5.75 Å². The minimum absolute atomic E-state index is 0.00403. The van der Waals surface area contributed by atoms with E-state index < -0.39 is 10.0 Å². The number of hydrogen-bond donors (Lipinski definition) is 0. The van der Waals surface area contributed by atoms with Gasteiger partial charge >= 0.3 is 0 Å².